The van der Waals surface area contributed by atoms with Gasteiger partial charge in [0.25, 0.3) is 0 Å². The molecule has 0 aromatic heterocycles. The highest BCUT2D eigenvalue weighted by molar-refractivity contribution is 5.66. The van der Waals surface area contributed by atoms with E-state index in [9.17, 15) is 4.79 Å². The molecule has 0 saturated carbocycles. The lowest BCUT2D eigenvalue weighted by Gasteiger charge is -2.11. The van der Waals surface area contributed by atoms with Crippen molar-refractivity contribution in [2.75, 3.05) is 20.7 Å². The molecule has 0 bridgehead atoms. The molecule has 0 aromatic rings. The van der Waals surface area contributed by atoms with Gasteiger partial charge in [0.05, 0.1) is 6.61 Å². The van der Waals surface area contributed by atoms with Crippen LogP contribution in [-0.2, 0) is 4.74 Å². The minimum Gasteiger partial charge on any atom is -0.449 e. The van der Waals surface area contributed by atoms with Crippen molar-refractivity contribution in [2.24, 2.45) is 5.92 Å². The smallest absolute Gasteiger partial charge is 0.409 e. The van der Waals surface area contributed by atoms with E-state index in [-0.39, 0.29) is 6.09 Å². The summed E-state index contributed by atoms with van der Waals surface area (Å²) in [5.41, 5.74) is 0. The van der Waals surface area contributed by atoms with Crippen LogP contribution in [0.2, 0.25) is 0 Å². The molecule has 1 amide bonds. The summed E-state index contributed by atoms with van der Waals surface area (Å²) in [4.78, 5) is 12.3. The summed E-state index contributed by atoms with van der Waals surface area (Å²) in [5, 5.41) is 0. The third kappa shape index (κ3) is 5.70. The maximum atomic E-state index is 10.8. The third-order valence-corrected chi connectivity index (χ3v) is 1.29. The van der Waals surface area contributed by atoms with E-state index in [0.29, 0.717) is 12.5 Å². The van der Waals surface area contributed by atoms with Crippen molar-refractivity contribution < 1.29 is 9.53 Å². The molecule has 0 aliphatic carbocycles. The fourth-order valence-corrected chi connectivity index (χ4v) is 0.511. The van der Waals surface area contributed by atoms with Gasteiger partial charge in [0.15, 0.2) is 0 Å². The highest BCUT2D eigenvalue weighted by Gasteiger charge is 2.03. The van der Waals surface area contributed by atoms with Crippen molar-refractivity contribution >= 4 is 6.09 Å². The van der Waals surface area contributed by atoms with Crippen molar-refractivity contribution in [3.63, 3.8) is 0 Å². The van der Waals surface area contributed by atoms with E-state index in [4.69, 9.17) is 4.74 Å². The Labute approximate surface area is 68.3 Å². The molecule has 66 valence electrons. The first kappa shape index (κ1) is 10.3. The lowest BCUT2D eigenvalue weighted by atomic mass is 10.1. The average molecular weight is 159 g/mol. The van der Waals surface area contributed by atoms with Gasteiger partial charge < -0.3 is 9.64 Å². The maximum Gasteiger partial charge on any atom is 0.409 e. The van der Waals surface area contributed by atoms with Crippen LogP contribution in [0, 0.1) is 5.92 Å². The van der Waals surface area contributed by atoms with Crippen LogP contribution in [-0.4, -0.2) is 31.7 Å². The summed E-state index contributed by atoms with van der Waals surface area (Å²) in [6, 6.07) is 0. The van der Waals surface area contributed by atoms with Crippen molar-refractivity contribution in [3.05, 3.63) is 0 Å². The average Bonchev–Trinajstić information content (AvgIpc) is 1.86. The quantitative estimate of drug-likeness (QED) is 0.627. The molecular weight excluding hydrogens is 142 g/mol. The fraction of sp³-hybridized carbons (Fsp3) is 0.875. The third-order valence-electron chi connectivity index (χ3n) is 1.29. The first-order chi connectivity index (χ1) is 5.04. The molecule has 0 aliphatic rings. The number of carbonyl (C=O) groups is 1. The minimum atomic E-state index is -0.259. The molecule has 0 atom stereocenters. The molecule has 0 aromatic carbocycles. The molecule has 0 rings (SSSR count). The Hall–Kier alpha value is -0.730. The lowest BCUT2D eigenvalue weighted by Crippen LogP contribution is -2.23. The molecule has 0 N–H and O–H groups in total. The van der Waals surface area contributed by atoms with Crippen molar-refractivity contribution in [3.8, 4) is 0 Å². The summed E-state index contributed by atoms with van der Waals surface area (Å²) in [6.07, 6.45) is 0.671. The number of nitrogens with zero attached hydrogens (tertiary/aromatic N) is 1. The number of rotatable bonds is 3. The Morgan fingerprint density at radius 2 is 2.00 bits per heavy atom. The zero-order valence-electron chi connectivity index (χ0n) is 7.76. The molecule has 3 heteroatoms. The number of carbonyl (C=O) groups excluding carboxylic acids is 1. The number of ether oxygens (including phenoxy) is 1. The Bertz CT molecular complexity index is 121. The summed E-state index contributed by atoms with van der Waals surface area (Å²) in [7, 11) is 3.36. The first-order valence-corrected chi connectivity index (χ1v) is 3.88. The minimum absolute atomic E-state index is 0.259. The van der Waals surface area contributed by atoms with Gasteiger partial charge in [-0.1, -0.05) is 13.8 Å². The summed E-state index contributed by atoms with van der Waals surface area (Å²) < 4.78 is 4.90. The van der Waals surface area contributed by atoms with Crippen molar-refractivity contribution in [2.45, 2.75) is 20.3 Å². The topological polar surface area (TPSA) is 29.5 Å². The summed E-state index contributed by atoms with van der Waals surface area (Å²) in [5.74, 6) is 0.588. The van der Waals surface area contributed by atoms with E-state index < -0.39 is 0 Å². The molecule has 0 saturated heterocycles. The molecule has 3 nitrogen and oxygen atoms in total. The van der Waals surface area contributed by atoms with Crippen LogP contribution in [0.3, 0.4) is 0 Å². The summed E-state index contributed by atoms with van der Waals surface area (Å²) >= 11 is 0. The molecule has 11 heavy (non-hydrogen) atoms. The normalized spacial score (nSPS) is 9.91. The SMILES string of the molecule is CC(C)CCOC(=O)N(C)C. The van der Waals surface area contributed by atoms with Gasteiger partial charge in [0.2, 0.25) is 0 Å². The van der Waals surface area contributed by atoms with Gasteiger partial charge in [-0.05, 0) is 12.3 Å². The highest BCUT2D eigenvalue weighted by Crippen LogP contribution is 1.99. The van der Waals surface area contributed by atoms with Crippen molar-refractivity contribution in [1.82, 2.24) is 4.90 Å². The fourth-order valence-electron chi connectivity index (χ4n) is 0.511. The summed E-state index contributed by atoms with van der Waals surface area (Å²) in [6.45, 7) is 4.72. The Kier molecular flexibility index (Phi) is 4.66. The Morgan fingerprint density at radius 3 is 2.36 bits per heavy atom. The van der Waals surface area contributed by atoms with E-state index in [0.717, 1.165) is 6.42 Å². The van der Waals surface area contributed by atoms with Crippen LogP contribution in [0.5, 0.6) is 0 Å². The molecule has 0 aliphatic heterocycles. The standard InChI is InChI=1S/C8H17NO2/c1-7(2)5-6-11-8(10)9(3)4/h7H,5-6H2,1-4H3. The Morgan fingerprint density at radius 1 is 1.45 bits per heavy atom. The van der Waals surface area contributed by atoms with Gasteiger partial charge in [-0.25, -0.2) is 4.79 Å². The largest absolute Gasteiger partial charge is 0.449 e. The van der Waals surface area contributed by atoms with Gasteiger partial charge >= 0.3 is 6.09 Å². The number of hydrogen-bond acceptors (Lipinski definition) is 2. The second kappa shape index (κ2) is 4.99. The van der Waals surface area contributed by atoms with E-state index in [1.165, 1.54) is 4.90 Å². The van der Waals surface area contributed by atoms with Gasteiger partial charge in [-0.3, -0.25) is 0 Å². The second-order valence-corrected chi connectivity index (χ2v) is 3.19. The molecule has 0 radical (unpaired) electrons. The van der Waals surface area contributed by atoms with Crippen molar-refractivity contribution in [1.29, 1.82) is 0 Å². The van der Waals surface area contributed by atoms with Crippen LogP contribution in [0.1, 0.15) is 20.3 Å². The predicted molar refractivity (Wildman–Crippen MR) is 44.5 cm³/mol. The zero-order valence-corrected chi connectivity index (χ0v) is 7.76. The second-order valence-electron chi connectivity index (χ2n) is 3.19. The zero-order chi connectivity index (χ0) is 8.85. The monoisotopic (exact) mass is 159 g/mol. The first-order valence-electron chi connectivity index (χ1n) is 3.88. The van der Waals surface area contributed by atoms with Crippen LogP contribution >= 0.6 is 0 Å². The molecule has 0 heterocycles. The van der Waals surface area contributed by atoms with Crippen LogP contribution in [0.25, 0.3) is 0 Å². The predicted octanol–water partition coefficient (Wildman–Crippen LogP) is 1.73. The van der Waals surface area contributed by atoms with Gasteiger partial charge in [-0.2, -0.15) is 0 Å². The Balaban J connectivity index is 3.32. The van der Waals surface area contributed by atoms with Crippen LogP contribution in [0.15, 0.2) is 0 Å². The van der Waals surface area contributed by atoms with E-state index in [1.54, 1.807) is 14.1 Å². The molecule has 0 unspecified atom stereocenters. The number of amides is 1. The van der Waals surface area contributed by atoms with Crippen LogP contribution in [0.4, 0.5) is 4.79 Å². The maximum absolute atomic E-state index is 10.8. The molecule has 0 spiro atoms. The molecular formula is C8H17NO2. The lowest BCUT2D eigenvalue weighted by molar-refractivity contribution is 0.114. The number of hydrogen-bond donors (Lipinski definition) is 0. The van der Waals surface area contributed by atoms with E-state index in [2.05, 4.69) is 13.8 Å². The van der Waals surface area contributed by atoms with E-state index in [1.807, 2.05) is 0 Å². The highest BCUT2D eigenvalue weighted by atomic mass is 16.6. The van der Waals surface area contributed by atoms with Crippen LogP contribution < -0.4 is 0 Å². The van der Waals surface area contributed by atoms with E-state index >= 15 is 0 Å². The van der Waals surface area contributed by atoms with Gasteiger partial charge in [0, 0.05) is 14.1 Å². The van der Waals surface area contributed by atoms with Gasteiger partial charge in [-0.15, -0.1) is 0 Å². The van der Waals surface area contributed by atoms with Gasteiger partial charge in [0.1, 0.15) is 0 Å². The molecule has 0 fully saturated rings.